The van der Waals surface area contributed by atoms with Crippen molar-refractivity contribution in [3.63, 3.8) is 0 Å². The summed E-state index contributed by atoms with van der Waals surface area (Å²) >= 11 is 6.89. The van der Waals surface area contributed by atoms with E-state index in [0.717, 1.165) is 26.2 Å². The maximum absolute atomic E-state index is 15.3. The van der Waals surface area contributed by atoms with Gasteiger partial charge >= 0.3 is 11.8 Å². The number of halogens is 2. The van der Waals surface area contributed by atoms with Crippen molar-refractivity contribution >= 4 is 34.5 Å². The summed E-state index contributed by atoms with van der Waals surface area (Å²) in [6.45, 7) is 16.7. The summed E-state index contributed by atoms with van der Waals surface area (Å²) in [6, 6.07) is 7.24. The van der Waals surface area contributed by atoms with Crippen molar-refractivity contribution in [3.05, 3.63) is 68.9 Å². The number of hydrogen-bond acceptors (Lipinski definition) is 9. The largest absolute Gasteiger partial charge is 0.465 e. The summed E-state index contributed by atoms with van der Waals surface area (Å²) in [7, 11) is 2.12. The van der Waals surface area contributed by atoms with Gasteiger partial charge in [0.2, 0.25) is 0 Å². The third kappa shape index (κ3) is 6.78. The quantitative estimate of drug-likeness (QED) is 0.260. The van der Waals surface area contributed by atoms with E-state index in [1.165, 1.54) is 15.5 Å². The number of carboxylic acid groups (broad SMARTS) is 1. The minimum atomic E-state index is -1.00. The molecular weight excluding hydrogens is 661 g/mol. The minimum Gasteiger partial charge on any atom is -0.465 e. The zero-order chi connectivity index (χ0) is 36.0. The maximum atomic E-state index is 15.3. The van der Waals surface area contributed by atoms with Gasteiger partial charge in [-0.05, 0) is 50.9 Å². The molecule has 0 radical (unpaired) electrons. The standard InChI is InChI=1S/C36H45ClFN9O3/c1-20(2)29-32(30(21(3)4)40-28(39-29)19-44-14-12-43(7)13-15-44)47-34-25(16-26(37)31(41-34)24-10-8-9-11-27(24)38)33(42-35(47)48)45-17-23(6)46(36(49)50)18-22(45)5/h8-11,16,20-23H,12-15,17-19H2,1-7H3,(H,49,50)/t22-,23+/m0/s1. The Balaban J connectivity index is 1.62. The Bertz CT molecular complexity index is 1950. The first-order valence-electron chi connectivity index (χ1n) is 17.2. The number of piperazine rings is 2. The molecule has 2 aliphatic heterocycles. The van der Waals surface area contributed by atoms with Gasteiger partial charge < -0.3 is 19.8 Å². The van der Waals surface area contributed by atoms with Crippen LogP contribution in [0.5, 0.6) is 0 Å². The number of hydrogen-bond donors (Lipinski definition) is 1. The van der Waals surface area contributed by atoms with Gasteiger partial charge in [0.05, 0.1) is 39.7 Å². The number of nitrogens with zero attached hydrogens (tertiary/aromatic N) is 9. The SMILES string of the molecule is CC(C)c1nc(CN2CCN(C)CC2)nc(C(C)C)c1-n1c(=O)nc(N2C[C@@H](C)N(C(=O)O)C[C@@H]2C)c2cc(Cl)c(-c3ccccc3F)nc21. The third-order valence-electron chi connectivity index (χ3n) is 9.70. The fraction of sp³-hybridized carbons (Fsp3) is 0.500. The lowest BCUT2D eigenvalue weighted by Gasteiger charge is -2.43. The van der Waals surface area contributed by atoms with Gasteiger partial charge in [-0.2, -0.15) is 4.98 Å². The van der Waals surface area contributed by atoms with Crippen LogP contribution < -0.4 is 10.6 Å². The molecule has 1 aromatic carbocycles. The van der Waals surface area contributed by atoms with Gasteiger partial charge in [0.1, 0.15) is 17.5 Å². The van der Waals surface area contributed by atoms with Crippen LogP contribution in [0.25, 0.3) is 28.0 Å². The molecule has 3 aromatic heterocycles. The van der Waals surface area contributed by atoms with Crippen molar-refractivity contribution in [3.8, 4) is 16.9 Å². The van der Waals surface area contributed by atoms with E-state index in [9.17, 15) is 14.7 Å². The summed E-state index contributed by atoms with van der Waals surface area (Å²) in [5, 5.41) is 10.4. The predicted octanol–water partition coefficient (Wildman–Crippen LogP) is 5.60. The number of likely N-dealkylation sites (N-methyl/N-ethyl adjacent to an activating group) is 1. The molecule has 0 bridgehead atoms. The maximum Gasteiger partial charge on any atom is 0.407 e. The first kappa shape index (κ1) is 35.6. The Morgan fingerprint density at radius 3 is 2.20 bits per heavy atom. The van der Waals surface area contributed by atoms with Gasteiger partial charge in [-0.3, -0.25) is 4.90 Å². The monoisotopic (exact) mass is 705 g/mol. The van der Waals surface area contributed by atoms with Crippen molar-refractivity contribution in [1.29, 1.82) is 0 Å². The Hall–Kier alpha value is -4.20. The van der Waals surface area contributed by atoms with Gasteiger partial charge in [0.15, 0.2) is 5.65 Å². The lowest BCUT2D eigenvalue weighted by atomic mass is 10.0. The van der Waals surface area contributed by atoms with Gasteiger partial charge in [-0.1, -0.05) is 51.4 Å². The van der Waals surface area contributed by atoms with Crippen LogP contribution in [0.15, 0.2) is 35.1 Å². The molecule has 5 heterocycles. The molecule has 0 aliphatic carbocycles. The molecule has 2 aliphatic rings. The third-order valence-corrected chi connectivity index (χ3v) is 9.98. The fourth-order valence-corrected chi connectivity index (χ4v) is 7.16. The lowest BCUT2D eigenvalue weighted by Crippen LogP contribution is -2.58. The van der Waals surface area contributed by atoms with E-state index in [4.69, 9.17) is 26.6 Å². The molecule has 0 saturated carbocycles. The molecule has 6 rings (SSSR count). The highest BCUT2D eigenvalue weighted by atomic mass is 35.5. The molecule has 4 aromatic rings. The molecule has 12 nitrogen and oxygen atoms in total. The van der Waals surface area contributed by atoms with Crippen LogP contribution in [0, 0.1) is 5.82 Å². The van der Waals surface area contributed by atoms with E-state index in [1.807, 2.05) is 46.4 Å². The molecule has 14 heteroatoms. The molecule has 1 amide bonds. The van der Waals surface area contributed by atoms with Gasteiger partial charge in [0.25, 0.3) is 0 Å². The van der Waals surface area contributed by atoms with Crippen molar-refractivity contribution in [2.45, 2.75) is 72.0 Å². The van der Waals surface area contributed by atoms with Crippen molar-refractivity contribution in [2.75, 3.05) is 51.2 Å². The molecule has 1 N–H and O–H groups in total. The number of amides is 1. The van der Waals surface area contributed by atoms with E-state index in [2.05, 4.69) is 21.8 Å². The van der Waals surface area contributed by atoms with E-state index in [1.54, 1.807) is 24.3 Å². The summed E-state index contributed by atoms with van der Waals surface area (Å²) in [4.78, 5) is 54.3. The van der Waals surface area contributed by atoms with Crippen molar-refractivity contribution < 1.29 is 14.3 Å². The number of carbonyl (C=O) groups is 1. The van der Waals surface area contributed by atoms with E-state index < -0.39 is 17.6 Å². The molecular formula is C36H45ClFN9O3. The number of anilines is 1. The highest BCUT2D eigenvalue weighted by Gasteiger charge is 2.35. The zero-order valence-corrected chi connectivity index (χ0v) is 30.4. The van der Waals surface area contributed by atoms with Crippen LogP contribution in [0.4, 0.5) is 15.0 Å². The topological polar surface area (TPSA) is 124 Å². The Kier molecular flexibility index (Phi) is 10.1. The molecule has 0 spiro atoms. The summed E-state index contributed by atoms with van der Waals surface area (Å²) in [5.41, 5.74) is 1.91. The molecule has 266 valence electrons. The fourth-order valence-electron chi connectivity index (χ4n) is 6.91. The predicted molar refractivity (Wildman–Crippen MR) is 193 cm³/mol. The summed E-state index contributed by atoms with van der Waals surface area (Å²) in [5.74, 6) is 0.335. The number of benzene rings is 1. The molecule has 2 saturated heterocycles. The number of pyridine rings is 1. The van der Waals surface area contributed by atoms with Crippen LogP contribution in [-0.2, 0) is 6.54 Å². The lowest BCUT2D eigenvalue weighted by molar-refractivity contribution is 0.114. The summed E-state index contributed by atoms with van der Waals surface area (Å²) < 4.78 is 16.7. The normalized spacial score (nSPS) is 19.3. The summed E-state index contributed by atoms with van der Waals surface area (Å²) in [6.07, 6.45) is -1.00. The van der Waals surface area contributed by atoms with E-state index >= 15 is 4.39 Å². The van der Waals surface area contributed by atoms with Gasteiger partial charge in [-0.15, -0.1) is 0 Å². The second-order valence-electron chi connectivity index (χ2n) is 14.2. The number of aromatic nitrogens is 5. The molecule has 2 fully saturated rings. The van der Waals surface area contributed by atoms with E-state index in [0.29, 0.717) is 47.2 Å². The zero-order valence-electron chi connectivity index (χ0n) is 29.7. The van der Waals surface area contributed by atoms with Gasteiger partial charge in [-0.25, -0.2) is 33.5 Å². The second-order valence-corrected chi connectivity index (χ2v) is 14.6. The smallest absolute Gasteiger partial charge is 0.407 e. The van der Waals surface area contributed by atoms with Crippen molar-refractivity contribution in [2.24, 2.45) is 0 Å². The average molecular weight is 706 g/mol. The highest BCUT2D eigenvalue weighted by Crippen LogP contribution is 2.37. The van der Waals surface area contributed by atoms with Gasteiger partial charge in [0, 0.05) is 56.9 Å². The first-order valence-corrected chi connectivity index (χ1v) is 17.6. The van der Waals surface area contributed by atoms with Crippen LogP contribution in [0.2, 0.25) is 5.02 Å². The van der Waals surface area contributed by atoms with Crippen LogP contribution in [0.1, 0.15) is 70.6 Å². The minimum absolute atomic E-state index is 0.0957. The second kappa shape index (κ2) is 14.2. The van der Waals surface area contributed by atoms with Crippen molar-refractivity contribution in [1.82, 2.24) is 39.2 Å². The molecule has 2 atom stereocenters. The molecule has 0 unspecified atom stereocenters. The van der Waals surface area contributed by atoms with Crippen LogP contribution in [-0.4, -0.2) is 109 Å². The number of fused-ring (bicyclic) bond motifs is 1. The van der Waals surface area contributed by atoms with Crippen LogP contribution >= 0.6 is 11.6 Å². The number of rotatable bonds is 7. The average Bonchev–Trinajstić information content (AvgIpc) is 3.06. The Morgan fingerprint density at radius 1 is 0.960 bits per heavy atom. The molecule has 50 heavy (non-hydrogen) atoms. The first-order chi connectivity index (χ1) is 23.7. The Labute approximate surface area is 296 Å². The Morgan fingerprint density at radius 2 is 1.60 bits per heavy atom. The van der Waals surface area contributed by atoms with E-state index in [-0.39, 0.29) is 52.4 Å². The highest BCUT2D eigenvalue weighted by molar-refractivity contribution is 6.33. The van der Waals surface area contributed by atoms with Crippen LogP contribution in [0.3, 0.4) is 0 Å².